The molecule has 0 aliphatic carbocycles. The zero-order valence-corrected chi connectivity index (χ0v) is 26.7. The van der Waals surface area contributed by atoms with Crippen molar-refractivity contribution in [1.29, 1.82) is 15.8 Å². The molecule has 0 bridgehead atoms. The molecule has 5 heteroatoms. The molecule has 0 saturated carbocycles. The molecular formula is C45H25N5. The summed E-state index contributed by atoms with van der Waals surface area (Å²) in [5.41, 5.74) is 11.3. The van der Waals surface area contributed by atoms with Crippen LogP contribution in [0, 0.1) is 34.0 Å². The van der Waals surface area contributed by atoms with E-state index in [0.717, 1.165) is 55.4 Å². The first-order valence-electron chi connectivity index (χ1n) is 16.3. The maximum Gasteiger partial charge on any atom is 0.101 e. The van der Waals surface area contributed by atoms with Crippen molar-refractivity contribution in [3.05, 3.63) is 168 Å². The highest BCUT2D eigenvalue weighted by Crippen LogP contribution is 2.40. The van der Waals surface area contributed by atoms with Crippen molar-refractivity contribution >= 4 is 43.6 Å². The first-order valence-corrected chi connectivity index (χ1v) is 16.3. The molecule has 5 nitrogen and oxygen atoms in total. The Hall–Kier alpha value is -7.39. The molecule has 0 aliphatic heterocycles. The van der Waals surface area contributed by atoms with E-state index >= 15 is 0 Å². The lowest BCUT2D eigenvalue weighted by atomic mass is 9.97. The van der Waals surface area contributed by atoms with Gasteiger partial charge < -0.3 is 9.13 Å². The van der Waals surface area contributed by atoms with E-state index < -0.39 is 0 Å². The summed E-state index contributed by atoms with van der Waals surface area (Å²) in [6.07, 6.45) is 0. The van der Waals surface area contributed by atoms with Crippen molar-refractivity contribution in [2.45, 2.75) is 0 Å². The van der Waals surface area contributed by atoms with Gasteiger partial charge in [-0.05, 0) is 77.4 Å². The smallest absolute Gasteiger partial charge is 0.101 e. The predicted octanol–water partition coefficient (Wildman–Crippen LogP) is 10.8. The largest absolute Gasteiger partial charge is 0.309 e. The van der Waals surface area contributed by atoms with Gasteiger partial charge in [0.15, 0.2) is 0 Å². The molecule has 9 rings (SSSR count). The monoisotopic (exact) mass is 635 g/mol. The maximum atomic E-state index is 10.4. The minimum Gasteiger partial charge on any atom is -0.309 e. The van der Waals surface area contributed by atoms with E-state index in [-0.39, 0.29) is 0 Å². The number of nitriles is 3. The van der Waals surface area contributed by atoms with Crippen LogP contribution < -0.4 is 0 Å². The van der Waals surface area contributed by atoms with Crippen molar-refractivity contribution in [3.8, 4) is 51.8 Å². The van der Waals surface area contributed by atoms with E-state index in [0.29, 0.717) is 16.7 Å². The van der Waals surface area contributed by atoms with Crippen LogP contribution >= 0.6 is 0 Å². The fourth-order valence-corrected chi connectivity index (χ4v) is 7.45. The van der Waals surface area contributed by atoms with Gasteiger partial charge in [0.05, 0.1) is 56.6 Å². The molecule has 2 aromatic heterocycles. The van der Waals surface area contributed by atoms with E-state index in [1.165, 1.54) is 21.8 Å². The maximum absolute atomic E-state index is 10.4. The van der Waals surface area contributed by atoms with E-state index in [1.807, 2.05) is 42.5 Å². The summed E-state index contributed by atoms with van der Waals surface area (Å²) in [6, 6.07) is 58.0. The number of fused-ring (bicyclic) bond motifs is 6. The zero-order valence-electron chi connectivity index (χ0n) is 26.7. The van der Waals surface area contributed by atoms with Crippen molar-refractivity contribution in [2.24, 2.45) is 0 Å². The molecule has 0 saturated heterocycles. The predicted molar refractivity (Wildman–Crippen MR) is 200 cm³/mol. The standard InChI is InChI=1S/C45H25N5/c46-26-29-18-23-42-39(24-29)44-33(27-47)9-7-17-43(44)50(42)45-34(28-48)10-6-14-36(45)31-21-19-30(20-22-31)32-8-5-11-35(25-32)49-40-15-3-1-12-37(40)38-13-2-4-16-41(38)49/h1-25H. The lowest BCUT2D eigenvalue weighted by Crippen LogP contribution is -2.01. The third-order valence-corrected chi connectivity index (χ3v) is 9.63. The summed E-state index contributed by atoms with van der Waals surface area (Å²) >= 11 is 0. The number of hydrogen-bond acceptors (Lipinski definition) is 3. The Labute approximate surface area is 287 Å². The van der Waals surface area contributed by atoms with Gasteiger partial charge in [0.2, 0.25) is 0 Å². The van der Waals surface area contributed by atoms with Gasteiger partial charge in [0.25, 0.3) is 0 Å². The molecule has 0 unspecified atom stereocenters. The molecule has 0 fully saturated rings. The number of hydrogen-bond donors (Lipinski definition) is 0. The normalized spacial score (nSPS) is 11.1. The van der Waals surface area contributed by atoms with Gasteiger partial charge in [-0.3, -0.25) is 0 Å². The molecule has 0 spiro atoms. The van der Waals surface area contributed by atoms with Gasteiger partial charge >= 0.3 is 0 Å². The molecule has 0 atom stereocenters. The van der Waals surface area contributed by atoms with Crippen molar-refractivity contribution in [3.63, 3.8) is 0 Å². The van der Waals surface area contributed by atoms with E-state index in [9.17, 15) is 15.8 Å². The average Bonchev–Trinajstić information content (AvgIpc) is 3.70. The van der Waals surface area contributed by atoms with Gasteiger partial charge in [-0.15, -0.1) is 0 Å². The fraction of sp³-hybridized carbons (Fsp3) is 0. The Bertz CT molecular complexity index is 2900. The summed E-state index contributed by atoms with van der Waals surface area (Å²) in [5.74, 6) is 0. The number of nitrogens with zero attached hydrogens (tertiary/aromatic N) is 5. The van der Waals surface area contributed by atoms with Crippen molar-refractivity contribution in [2.75, 3.05) is 0 Å². The highest BCUT2D eigenvalue weighted by atomic mass is 15.0. The third kappa shape index (κ3) is 4.31. The summed E-state index contributed by atoms with van der Waals surface area (Å²) < 4.78 is 4.38. The van der Waals surface area contributed by atoms with Gasteiger partial charge in [-0.2, -0.15) is 15.8 Å². The molecule has 0 N–H and O–H groups in total. The molecule has 7 aromatic carbocycles. The summed E-state index contributed by atoms with van der Waals surface area (Å²) in [6.45, 7) is 0. The van der Waals surface area contributed by atoms with Crippen LogP contribution in [0.25, 0.3) is 77.2 Å². The van der Waals surface area contributed by atoms with Crippen LogP contribution in [0.5, 0.6) is 0 Å². The summed E-state index contributed by atoms with van der Waals surface area (Å²) in [7, 11) is 0. The number of aromatic nitrogens is 2. The minimum absolute atomic E-state index is 0.510. The van der Waals surface area contributed by atoms with E-state index in [1.54, 1.807) is 12.1 Å². The lowest BCUT2D eigenvalue weighted by Gasteiger charge is -2.16. The molecule has 9 aromatic rings. The Morgan fingerprint density at radius 1 is 0.400 bits per heavy atom. The molecule has 230 valence electrons. The first-order chi connectivity index (χ1) is 24.7. The van der Waals surface area contributed by atoms with Crippen molar-refractivity contribution in [1.82, 2.24) is 9.13 Å². The molecule has 2 heterocycles. The molecule has 0 radical (unpaired) electrons. The SMILES string of the molecule is N#Cc1ccc2c(c1)c1c(C#N)cccc1n2-c1c(C#N)cccc1-c1ccc(-c2cccc(-n3c4ccccc4c4ccccc43)c2)cc1. The van der Waals surface area contributed by atoms with Gasteiger partial charge in [0, 0.05) is 32.8 Å². The van der Waals surface area contributed by atoms with Gasteiger partial charge in [-0.25, -0.2) is 0 Å². The molecule has 0 aliphatic rings. The van der Waals surface area contributed by atoms with Crippen LogP contribution in [0.3, 0.4) is 0 Å². The van der Waals surface area contributed by atoms with Crippen LogP contribution in [0.4, 0.5) is 0 Å². The van der Waals surface area contributed by atoms with Crippen molar-refractivity contribution < 1.29 is 0 Å². The zero-order chi connectivity index (χ0) is 33.8. The Morgan fingerprint density at radius 2 is 1.02 bits per heavy atom. The first kappa shape index (κ1) is 28.8. The minimum atomic E-state index is 0.510. The number of benzene rings is 7. The highest BCUT2D eigenvalue weighted by molar-refractivity contribution is 6.13. The summed E-state index contributed by atoms with van der Waals surface area (Å²) in [5, 5.41) is 34.1. The Balaban J connectivity index is 1.19. The fourth-order valence-electron chi connectivity index (χ4n) is 7.45. The van der Waals surface area contributed by atoms with Crippen LogP contribution in [0.1, 0.15) is 16.7 Å². The van der Waals surface area contributed by atoms with E-state index in [4.69, 9.17) is 0 Å². The molecule has 0 amide bonds. The van der Waals surface area contributed by atoms with Crippen LogP contribution in [-0.2, 0) is 0 Å². The second-order valence-electron chi connectivity index (χ2n) is 12.3. The lowest BCUT2D eigenvalue weighted by molar-refractivity contribution is 1.17. The molecular weight excluding hydrogens is 611 g/mol. The third-order valence-electron chi connectivity index (χ3n) is 9.63. The van der Waals surface area contributed by atoms with E-state index in [2.05, 4.69) is 124 Å². The van der Waals surface area contributed by atoms with Crippen LogP contribution in [0.2, 0.25) is 0 Å². The molecule has 50 heavy (non-hydrogen) atoms. The second kappa shape index (κ2) is 11.4. The van der Waals surface area contributed by atoms with Gasteiger partial charge in [0.1, 0.15) is 6.07 Å². The quantitative estimate of drug-likeness (QED) is 0.193. The second-order valence-corrected chi connectivity index (χ2v) is 12.3. The van der Waals surface area contributed by atoms with Crippen LogP contribution in [-0.4, -0.2) is 9.13 Å². The van der Waals surface area contributed by atoms with Gasteiger partial charge in [-0.1, -0.05) is 91.0 Å². The summed E-state index contributed by atoms with van der Waals surface area (Å²) in [4.78, 5) is 0. The van der Waals surface area contributed by atoms with Crippen LogP contribution in [0.15, 0.2) is 152 Å². The average molecular weight is 636 g/mol. The Kier molecular flexibility index (Phi) is 6.56. The highest BCUT2D eigenvalue weighted by Gasteiger charge is 2.21. The number of para-hydroxylation sites is 3. The Morgan fingerprint density at radius 3 is 1.74 bits per heavy atom. The topological polar surface area (TPSA) is 81.2 Å². The number of rotatable bonds is 4.